The minimum Gasteiger partial charge on any atom is -0.208 e. The van der Waals surface area contributed by atoms with Gasteiger partial charge in [-0.2, -0.15) is 0 Å². The number of benzene rings is 8. The van der Waals surface area contributed by atoms with Crippen molar-refractivity contribution in [2.75, 3.05) is 0 Å². The number of nitrogens with zero attached hydrogens (tertiary/aromatic N) is 3. The van der Waals surface area contributed by atoms with Crippen molar-refractivity contribution < 1.29 is 0 Å². The maximum atomic E-state index is 5.23. The summed E-state index contributed by atoms with van der Waals surface area (Å²) < 4.78 is 0. The van der Waals surface area contributed by atoms with E-state index in [0.717, 1.165) is 44.5 Å². The van der Waals surface area contributed by atoms with Crippen molar-refractivity contribution in [2.24, 2.45) is 0 Å². The molecule has 0 fully saturated rings. The van der Waals surface area contributed by atoms with Crippen LogP contribution in [0.25, 0.3) is 89.4 Å². The average Bonchev–Trinajstić information content (AvgIpc) is 3.24. The van der Waals surface area contributed by atoms with Crippen LogP contribution in [0.4, 0.5) is 0 Å². The molecular formula is C49H33N3. The molecule has 1 heterocycles. The van der Waals surface area contributed by atoms with Gasteiger partial charge in [-0.05, 0) is 49.7 Å². The molecule has 0 aliphatic heterocycles. The van der Waals surface area contributed by atoms with E-state index in [-0.39, 0.29) is 0 Å². The van der Waals surface area contributed by atoms with E-state index in [2.05, 4.69) is 176 Å². The Hall–Kier alpha value is -6.97. The van der Waals surface area contributed by atoms with Crippen molar-refractivity contribution in [1.29, 1.82) is 0 Å². The van der Waals surface area contributed by atoms with E-state index in [9.17, 15) is 0 Å². The molecule has 244 valence electrons. The molecule has 0 atom stereocenters. The van der Waals surface area contributed by atoms with Gasteiger partial charge >= 0.3 is 0 Å². The highest BCUT2D eigenvalue weighted by atomic mass is 15.0. The summed E-state index contributed by atoms with van der Waals surface area (Å²) in [6, 6.07) is 70.0. The molecule has 0 amide bonds. The zero-order chi connectivity index (χ0) is 34.7. The lowest BCUT2D eigenvalue weighted by Gasteiger charge is -2.18. The highest BCUT2D eigenvalue weighted by molar-refractivity contribution is 6.03. The van der Waals surface area contributed by atoms with Gasteiger partial charge in [-0.3, -0.25) is 0 Å². The van der Waals surface area contributed by atoms with Crippen molar-refractivity contribution in [1.82, 2.24) is 15.0 Å². The summed E-state index contributed by atoms with van der Waals surface area (Å²) in [5.41, 5.74) is 11.9. The number of aromatic nitrogens is 3. The first-order chi connectivity index (χ1) is 25.8. The van der Waals surface area contributed by atoms with E-state index in [1.807, 2.05) is 24.3 Å². The fourth-order valence-corrected chi connectivity index (χ4v) is 6.98. The van der Waals surface area contributed by atoms with Crippen molar-refractivity contribution in [3.05, 3.63) is 200 Å². The minimum atomic E-state index is 0.625. The number of fused-ring (bicyclic) bond motifs is 1. The lowest BCUT2D eigenvalue weighted by Crippen LogP contribution is -2.02. The highest BCUT2D eigenvalue weighted by Crippen LogP contribution is 2.42. The monoisotopic (exact) mass is 663 g/mol. The van der Waals surface area contributed by atoms with Crippen LogP contribution in [-0.2, 0) is 0 Å². The largest absolute Gasteiger partial charge is 0.208 e. The Balaban J connectivity index is 1.26. The molecule has 3 nitrogen and oxygen atoms in total. The smallest absolute Gasteiger partial charge is 0.164 e. The molecule has 8 aromatic carbocycles. The Kier molecular flexibility index (Phi) is 8.20. The van der Waals surface area contributed by atoms with Gasteiger partial charge in [0.1, 0.15) is 0 Å². The topological polar surface area (TPSA) is 38.7 Å². The SMILES string of the molecule is c1ccc(-c2ccc(-c3nc(-c4ccccc4)nc(-c4cccc(-c5cccc6ccccc56)c4-c4ccc(-c5ccccc5)cc4)n3)cc2)cc1. The maximum absolute atomic E-state index is 5.23. The molecule has 9 rings (SSSR count). The van der Waals surface area contributed by atoms with E-state index in [0.29, 0.717) is 17.5 Å². The van der Waals surface area contributed by atoms with Gasteiger partial charge in [0, 0.05) is 22.3 Å². The minimum absolute atomic E-state index is 0.625. The van der Waals surface area contributed by atoms with E-state index < -0.39 is 0 Å². The van der Waals surface area contributed by atoms with Gasteiger partial charge in [0.05, 0.1) is 0 Å². The van der Waals surface area contributed by atoms with Crippen molar-refractivity contribution in [3.8, 4) is 78.7 Å². The lowest BCUT2D eigenvalue weighted by atomic mass is 9.87. The predicted molar refractivity (Wildman–Crippen MR) is 215 cm³/mol. The molecule has 52 heavy (non-hydrogen) atoms. The first kappa shape index (κ1) is 31.0. The third-order valence-corrected chi connectivity index (χ3v) is 9.58. The summed E-state index contributed by atoms with van der Waals surface area (Å²) in [4.78, 5) is 15.5. The molecule has 0 spiro atoms. The third kappa shape index (κ3) is 6.06. The summed E-state index contributed by atoms with van der Waals surface area (Å²) in [6.45, 7) is 0. The van der Waals surface area contributed by atoms with Gasteiger partial charge in [0.25, 0.3) is 0 Å². The lowest BCUT2D eigenvalue weighted by molar-refractivity contribution is 1.07. The summed E-state index contributed by atoms with van der Waals surface area (Å²) in [6.07, 6.45) is 0. The molecule has 0 bridgehead atoms. The molecule has 0 saturated heterocycles. The number of rotatable bonds is 7. The molecule has 9 aromatic rings. The molecule has 0 aliphatic rings. The van der Waals surface area contributed by atoms with Crippen LogP contribution >= 0.6 is 0 Å². The van der Waals surface area contributed by atoms with Gasteiger partial charge in [-0.15, -0.1) is 0 Å². The van der Waals surface area contributed by atoms with Crippen molar-refractivity contribution >= 4 is 10.8 Å². The van der Waals surface area contributed by atoms with Crippen LogP contribution in [0.5, 0.6) is 0 Å². The maximum Gasteiger partial charge on any atom is 0.164 e. The quantitative estimate of drug-likeness (QED) is 0.170. The van der Waals surface area contributed by atoms with Crippen LogP contribution in [0.1, 0.15) is 0 Å². The summed E-state index contributed by atoms with van der Waals surface area (Å²) in [5, 5.41) is 2.40. The fraction of sp³-hybridized carbons (Fsp3) is 0. The van der Waals surface area contributed by atoms with Gasteiger partial charge in [-0.25, -0.2) is 15.0 Å². The van der Waals surface area contributed by atoms with Crippen LogP contribution in [0.3, 0.4) is 0 Å². The van der Waals surface area contributed by atoms with Gasteiger partial charge in [0.15, 0.2) is 17.5 Å². The van der Waals surface area contributed by atoms with Crippen LogP contribution in [0.2, 0.25) is 0 Å². The summed E-state index contributed by atoms with van der Waals surface area (Å²) >= 11 is 0. The first-order valence-electron chi connectivity index (χ1n) is 17.5. The van der Waals surface area contributed by atoms with Crippen molar-refractivity contribution in [3.63, 3.8) is 0 Å². The van der Waals surface area contributed by atoms with Crippen LogP contribution in [0.15, 0.2) is 200 Å². The van der Waals surface area contributed by atoms with Crippen LogP contribution < -0.4 is 0 Å². The van der Waals surface area contributed by atoms with Crippen LogP contribution in [-0.4, -0.2) is 15.0 Å². The Bertz CT molecular complexity index is 2630. The molecule has 3 heteroatoms. The zero-order valence-corrected chi connectivity index (χ0v) is 28.4. The second-order valence-electron chi connectivity index (χ2n) is 12.8. The molecule has 0 N–H and O–H groups in total. The summed E-state index contributed by atoms with van der Waals surface area (Å²) in [5.74, 6) is 1.89. The zero-order valence-electron chi connectivity index (χ0n) is 28.4. The van der Waals surface area contributed by atoms with E-state index >= 15 is 0 Å². The fourth-order valence-electron chi connectivity index (χ4n) is 6.98. The van der Waals surface area contributed by atoms with E-state index in [1.165, 1.54) is 27.5 Å². The third-order valence-electron chi connectivity index (χ3n) is 9.58. The predicted octanol–water partition coefficient (Wildman–Crippen LogP) is 12.7. The number of hydrogen-bond acceptors (Lipinski definition) is 3. The standard InChI is InChI=1S/C49H33N3/c1-4-14-34(15-5-1)36-26-30-39(31-27-36)46-44(43-23-12-21-38-18-10-11-22-42(38)43)24-13-25-45(46)49-51-47(40-19-8-3-9-20-40)50-48(52-49)41-32-28-37(29-33-41)35-16-6-2-7-17-35/h1-33H. The second kappa shape index (κ2) is 13.7. The molecule has 0 saturated carbocycles. The van der Waals surface area contributed by atoms with Gasteiger partial charge in [0.2, 0.25) is 0 Å². The Labute approximate surface area is 303 Å². The molecule has 0 aliphatic carbocycles. The Morgan fingerprint density at radius 2 is 0.615 bits per heavy atom. The van der Waals surface area contributed by atoms with Gasteiger partial charge < -0.3 is 0 Å². The number of hydrogen-bond donors (Lipinski definition) is 0. The Morgan fingerprint density at radius 1 is 0.231 bits per heavy atom. The Morgan fingerprint density at radius 3 is 1.23 bits per heavy atom. The normalized spacial score (nSPS) is 11.1. The van der Waals surface area contributed by atoms with E-state index in [4.69, 9.17) is 15.0 Å². The van der Waals surface area contributed by atoms with Gasteiger partial charge in [-0.1, -0.05) is 200 Å². The van der Waals surface area contributed by atoms with E-state index in [1.54, 1.807) is 0 Å². The van der Waals surface area contributed by atoms with Crippen LogP contribution in [0, 0.1) is 0 Å². The first-order valence-corrected chi connectivity index (χ1v) is 17.5. The molecule has 0 radical (unpaired) electrons. The summed E-state index contributed by atoms with van der Waals surface area (Å²) in [7, 11) is 0. The van der Waals surface area contributed by atoms with Crippen molar-refractivity contribution in [2.45, 2.75) is 0 Å². The highest BCUT2D eigenvalue weighted by Gasteiger charge is 2.20. The average molecular weight is 664 g/mol. The molecule has 0 unspecified atom stereocenters. The molecule has 1 aromatic heterocycles. The molecular weight excluding hydrogens is 631 g/mol. The second-order valence-corrected chi connectivity index (χ2v) is 12.8.